The number of hydrogen-bond acceptors (Lipinski definition) is 0. The molecule has 320 valence electrons. The van der Waals surface area contributed by atoms with Crippen LogP contribution in [0.3, 0.4) is 0 Å². The lowest BCUT2D eigenvalue weighted by Crippen LogP contribution is -1.86. The van der Waals surface area contributed by atoms with E-state index in [4.69, 9.17) is 0 Å². The number of unbranched alkanes of at least 4 members (excludes halogenated alkanes) is 27. The molecule has 0 heterocycles. The zero-order valence-electron chi connectivity index (χ0n) is 37.9. The summed E-state index contributed by atoms with van der Waals surface area (Å²) < 4.78 is 0. The predicted octanol–water partition coefficient (Wildman–Crippen LogP) is 19.3. The van der Waals surface area contributed by atoms with Crippen molar-refractivity contribution >= 4 is 11.6 Å². The molecule has 0 unspecified atom stereocenters. The fourth-order valence-corrected chi connectivity index (χ4v) is 7.38. The lowest BCUT2D eigenvalue weighted by molar-refractivity contribution is 0.556. The topological polar surface area (TPSA) is 0 Å². The Bertz CT molecular complexity index is 937. The fourth-order valence-electron chi connectivity index (χ4n) is 7.38. The van der Waals surface area contributed by atoms with Crippen molar-refractivity contribution in [3.8, 4) is 0 Å². The summed E-state index contributed by atoms with van der Waals surface area (Å²) in [6.07, 6.45) is 48.0. The van der Waals surface area contributed by atoms with Crippen LogP contribution in [0.25, 0.3) is 0 Å². The third-order valence-corrected chi connectivity index (χ3v) is 11.0. The summed E-state index contributed by atoms with van der Waals surface area (Å²) >= 11 is 4.64. The summed E-state index contributed by atoms with van der Waals surface area (Å²) in [5.41, 5.74) is 4.49. The molecule has 0 saturated heterocycles. The monoisotopic (exact) mass is 789 g/mol. The van der Waals surface area contributed by atoms with Crippen LogP contribution in [0, 0.1) is 0 Å². The first kappa shape index (κ1) is 53.9. The second kappa shape index (κ2) is 47.3. The normalized spacial score (nSPS) is 10.4. The molecule has 0 nitrogen and oxygen atoms in total. The van der Waals surface area contributed by atoms with Crippen LogP contribution in [-0.4, -0.2) is 6.38 Å². The van der Waals surface area contributed by atoms with Gasteiger partial charge in [-0.2, -0.15) is 0 Å². The van der Waals surface area contributed by atoms with E-state index in [1.54, 1.807) is 0 Å². The molecule has 0 aromatic heterocycles. The van der Waals surface area contributed by atoms with Crippen LogP contribution < -0.4 is 0 Å². The first-order valence-corrected chi connectivity index (χ1v) is 25.0. The molecule has 0 radical (unpaired) electrons. The van der Waals surface area contributed by atoms with Gasteiger partial charge in [-0.1, -0.05) is 285 Å². The van der Waals surface area contributed by atoms with Crippen LogP contribution in [0.4, 0.5) is 0 Å². The van der Waals surface area contributed by atoms with Crippen LogP contribution in [-0.2, 0) is 19.3 Å². The van der Waals surface area contributed by atoms with Crippen molar-refractivity contribution in [1.82, 2.24) is 0 Å². The minimum atomic E-state index is 1.26. The predicted molar refractivity (Wildman–Crippen MR) is 258 cm³/mol. The van der Waals surface area contributed by atoms with Gasteiger partial charge < -0.3 is 0 Å². The van der Waals surface area contributed by atoms with Crippen molar-refractivity contribution in [2.45, 2.75) is 233 Å². The Morgan fingerprint density at radius 3 is 0.571 bits per heavy atom. The molecule has 0 fully saturated rings. The average Bonchev–Trinajstić information content (AvgIpc) is 3.25. The molecular weight excluding hydrogens is 696 g/mol. The molecule has 0 amide bonds. The van der Waals surface area contributed by atoms with Crippen molar-refractivity contribution < 1.29 is 0 Å². The molecule has 0 saturated carbocycles. The van der Waals surface area contributed by atoms with Crippen molar-refractivity contribution in [3.63, 3.8) is 0 Å². The summed E-state index contributed by atoms with van der Waals surface area (Å²) in [5, 5.41) is 0. The number of aryl methyl sites for hydroxylation is 3. The smallest absolute Gasteiger partial charge is 0.0108 e. The van der Waals surface area contributed by atoms with Gasteiger partial charge in [-0.25, -0.2) is 0 Å². The second-order valence-electron chi connectivity index (χ2n) is 16.3. The van der Waals surface area contributed by atoms with E-state index < -0.39 is 0 Å². The van der Waals surface area contributed by atoms with E-state index in [-0.39, 0.29) is 0 Å². The maximum atomic E-state index is 4.64. The van der Waals surface area contributed by atoms with Crippen LogP contribution >= 0.6 is 11.6 Å². The number of halogens is 1. The van der Waals surface area contributed by atoms with Crippen molar-refractivity contribution in [3.05, 3.63) is 108 Å². The van der Waals surface area contributed by atoms with Crippen LogP contribution in [0.2, 0.25) is 0 Å². The van der Waals surface area contributed by atoms with Gasteiger partial charge in [0.05, 0.1) is 0 Å². The molecule has 3 rings (SSSR count). The van der Waals surface area contributed by atoms with Gasteiger partial charge in [0.2, 0.25) is 0 Å². The van der Waals surface area contributed by atoms with Crippen molar-refractivity contribution in [2.75, 3.05) is 6.38 Å². The van der Waals surface area contributed by atoms with Gasteiger partial charge in [-0.3, -0.25) is 0 Å². The van der Waals surface area contributed by atoms with E-state index >= 15 is 0 Å². The van der Waals surface area contributed by atoms with E-state index in [1.165, 1.54) is 235 Å². The highest BCUT2D eigenvalue weighted by Crippen LogP contribution is 2.15. The summed E-state index contributed by atoms with van der Waals surface area (Å²) in [6.45, 7) is 6.85. The Kier molecular flexibility index (Phi) is 45.6. The van der Waals surface area contributed by atoms with Crippen LogP contribution in [0.5, 0.6) is 0 Å². The van der Waals surface area contributed by atoms with E-state index in [1.807, 2.05) is 0 Å². The molecule has 0 aliphatic heterocycles. The first-order valence-electron chi connectivity index (χ1n) is 24.3. The van der Waals surface area contributed by atoms with Gasteiger partial charge in [0, 0.05) is 6.38 Å². The van der Waals surface area contributed by atoms with Gasteiger partial charge in [-0.05, 0) is 55.2 Å². The quantitative estimate of drug-likeness (QED) is 0.0426. The summed E-state index contributed by atoms with van der Waals surface area (Å²) in [6, 6.07) is 32.6. The zero-order chi connectivity index (χ0) is 40.7. The first-order chi connectivity index (χ1) is 27.8. The summed E-state index contributed by atoms with van der Waals surface area (Å²) in [5.74, 6) is 0. The molecule has 56 heavy (non-hydrogen) atoms. The van der Waals surface area contributed by atoms with E-state index in [0.29, 0.717) is 0 Å². The van der Waals surface area contributed by atoms with Crippen LogP contribution in [0.1, 0.15) is 230 Å². The van der Waals surface area contributed by atoms with Gasteiger partial charge in [0.25, 0.3) is 0 Å². The Labute approximate surface area is 356 Å². The third kappa shape index (κ3) is 40.2. The molecule has 3 aromatic rings. The zero-order valence-corrected chi connectivity index (χ0v) is 38.6. The maximum absolute atomic E-state index is 4.64. The molecule has 0 spiro atoms. The van der Waals surface area contributed by atoms with Gasteiger partial charge in [-0.15, -0.1) is 11.6 Å². The number of alkyl halides is 1. The SMILES string of the molecule is CCCCCCCCCCCCc1ccccc1.CCCCCCCCCCCCc1ccccc1.CCCCCCCCCCCCc1ccccc1.CCl. The van der Waals surface area contributed by atoms with Crippen molar-refractivity contribution in [2.24, 2.45) is 0 Å². The van der Waals surface area contributed by atoms with E-state index in [0.717, 1.165) is 0 Å². The number of rotatable bonds is 33. The maximum Gasteiger partial charge on any atom is 0.0108 e. The highest BCUT2D eigenvalue weighted by atomic mass is 35.5. The van der Waals surface area contributed by atoms with Crippen LogP contribution in [0.15, 0.2) is 91.0 Å². The molecule has 0 atom stereocenters. The van der Waals surface area contributed by atoms with E-state index in [2.05, 4.69) is 123 Å². The summed E-state index contributed by atoms with van der Waals surface area (Å²) in [4.78, 5) is 0. The Hall–Kier alpha value is -2.05. The summed E-state index contributed by atoms with van der Waals surface area (Å²) in [7, 11) is 0. The third-order valence-electron chi connectivity index (χ3n) is 11.0. The minimum absolute atomic E-state index is 1.26. The molecular formula is C55H93Cl. The average molecular weight is 790 g/mol. The molecule has 1 heteroatoms. The molecule has 0 bridgehead atoms. The largest absolute Gasteiger partial charge is 0.130 e. The number of benzene rings is 3. The molecule has 0 aliphatic carbocycles. The Morgan fingerprint density at radius 1 is 0.232 bits per heavy atom. The second-order valence-corrected chi connectivity index (χ2v) is 16.3. The van der Waals surface area contributed by atoms with Crippen molar-refractivity contribution in [1.29, 1.82) is 0 Å². The molecule has 3 aromatic carbocycles. The minimum Gasteiger partial charge on any atom is -0.130 e. The lowest BCUT2D eigenvalue weighted by Gasteiger charge is -2.03. The van der Waals surface area contributed by atoms with Gasteiger partial charge in [0.1, 0.15) is 0 Å². The molecule has 0 aliphatic rings. The van der Waals surface area contributed by atoms with Gasteiger partial charge in [0.15, 0.2) is 0 Å². The van der Waals surface area contributed by atoms with E-state index in [9.17, 15) is 0 Å². The highest BCUT2D eigenvalue weighted by Gasteiger charge is 1.97. The molecule has 0 N–H and O–H groups in total. The number of hydrogen-bond donors (Lipinski definition) is 0. The fraction of sp³-hybridized carbons (Fsp3) is 0.673. The lowest BCUT2D eigenvalue weighted by atomic mass is 10.0. The Morgan fingerprint density at radius 2 is 0.393 bits per heavy atom. The highest BCUT2D eigenvalue weighted by molar-refractivity contribution is 6.15. The Balaban J connectivity index is 0.000000792. The standard InChI is InChI=1S/3C18H30.CH3Cl/c3*1-2-3-4-5-6-7-8-9-10-12-15-18-16-13-11-14-17-18;1-2/h3*11,13-14,16-17H,2-10,12,15H2,1H3;1H3. The van der Waals surface area contributed by atoms with Gasteiger partial charge >= 0.3 is 0 Å².